The standard InChI is InChI=1S/C14H17BrClN3/c1-3-17-14(9-11-6-7-19(2)18-11)12-5-4-10(16)8-13(12)15/h4-8,14,17H,3,9H2,1-2H3. The topological polar surface area (TPSA) is 29.9 Å². The molecule has 0 aliphatic rings. The summed E-state index contributed by atoms with van der Waals surface area (Å²) in [6.45, 7) is 3.02. The maximum atomic E-state index is 6.00. The Morgan fingerprint density at radius 1 is 1.42 bits per heavy atom. The lowest BCUT2D eigenvalue weighted by Gasteiger charge is -2.19. The third kappa shape index (κ3) is 3.81. The average Bonchev–Trinajstić information content (AvgIpc) is 2.74. The first-order chi connectivity index (χ1) is 9.10. The Morgan fingerprint density at radius 3 is 2.79 bits per heavy atom. The van der Waals surface area contributed by atoms with E-state index in [1.807, 2.05) is 36.1 Å². The molecule has 0 spiro atoms. The molecule has 1 heterocycles. The Bertz CT molecular complexity index is 553. The van der Waals surface area contributed by atoms with Crippen LogP contribution in [0.25, 0.3) is 0 Å². The Hall–Kier alpha value is -0.840. The van der Waals surface area contributed by atoms with Crippen molar-refractivity contribution < 1.29 is 0 Å². The molecule has 1 N–H and O–H groups in total. The predicted molar refractivity (Wildman–Crippen MR) is 82.5 cm³/mol. The van der Waals surface area contributed by atoms with Gasteiger partial charge in [-0.15, -0.1) is 0 Å². The first-order valence-electron chi connectivity index (χ1n) is 6.27. The first kappa shape index (κ1) is 14.6. The molecule has 1 atom stereocenters. The van der Waals surface area contributed by atoms with E-state index in [1.165, 1.54) is 5.56 Å². The molecule has 0 aliphatic heterocycles. The van der Waals surface area contributed by atoms with Crippen molar-refractivity contribution in [2.75, 3.05) is 6.54 Å². The number of aromatic nitrogens is 2. The van der Waals surface area contributed by atoms with Gasteiger partial charge in [-0.2, -0.15) is 5.10 Å². The summed E-state index contributed by atoms with van der Waals surface area (Å²) < 4.78 is 2.86. The van der Waals surface area contributed by atoms with E-state index >= 15 is 0 Å². The van der Waals surface area contributed by atoms with Crippen LogP contribution in [0.2, 0.25) is 5.02 Å². The van der Waals surface area contributed by atoms with Crippen LogP contribution < -0.4 is 5.32 Å². The Kier molecular flexibility index (Phi) is 5.02. The molecule has 0 bridgehead atoms. The van der Waals surface area contributed by atoms with E-state index in [4.69, 9.17) is 11.6 Å². The number of hydrogen-bond donors (Lipinski definition) is 1. The minimum atomic E-state index is 0.228. The summed E-state index contributed by atoms with van der Waals surface area (Å²) in [4.78, 5) is 0. The molecule has 1 aromatic carbocycles. The molecule has 2 rings (SSSR count). The molecule has 0 amide bonds. The fraction of sp³-hybridized carbons (Fsp3) is 0.357. The summed E-state index contributed by atoms with van der Waals surface area (Å²) in [5, 5.41) is 8.67. The molecule has 1 aromatic heterocycles. The number of aryl methyl sites for hydroxylation is 1. The van der Waals surface area contributed by atoms with Crippen molar-refractivity contribution in [3.05, 3.63) is 51.2 Å². The van der Waals surface area contributed by atoms with Crippen LogP contribution in [0.5, 0.6) is 0 Å². The molecule has 19 heavy (non-hydrogen) atoms. The molecule has 2 aromatic rings. The van der Waals surface area contributed by atoms with Crippen LogP contribution in [0.3, 0.4) is 0 Å². The first-order valence-corrected chi connectivity index (χ1v) is 7.44. The number of benzene rings is 1. The van der Waals surface area contributed by atoms with Crippen LogP contribution in [0.4, 0.5) is 0 Å². The highest BCUT2D eigenvalue weighted by Crippen LogP contribution is 2.28. The lowest BCUT2D eigenvalue weighted by Crippen LogP contribution is -2.23. The lowest BCUT2D eigenvalue weighted by molar-refractivity contribution is 0.538. The largest absolute Gasteiger partial charge is 0.310 e. The molecule has 5 heteroatoms. The van der Waals surface area contributed by atoms with Gasteiger partial charge in [0.15, 0.2) is 0 Å². The van der Waals surface area contributed by atoms with Crippen molar-refractivity contribution in [1.82, 2.24) is 15.1 Å². The van der Waals surface area contributed by atoms with Gasteiger partial charge in [0.05, 0.1) is 5.69 Å². The number of nitrogens with one attached hydrogen (secondary N) is 1. The van der Waals surface area contributed by atoms with Gasteiger partial charge in [-0.05, 0) is 30.3 Å². The van der Waals surface area contributed by atoms with Gasteiger partial charge in [-0.3, -0.25) is 4.68 Å². The second-order valence-electron chi connectivity index (χ2n) is 4.46. The Morgan fingerprint density at radius 2 is 2.21 bits per heavy atom. The van der Waals surface area contributed by atoms with Crippen molar-refractivity contribution >= 4 is 27.5 Å². The Labute approximate surface area is 127 Å². The summed E-state index contributed by atoms with van der Waals surface area (Å²) in [6.07, 6.45) is 2.82. The number of halogens is 2. The van der Waals surface area contributed by atoms with Crippen LogP contribution in [0.15, 0.2) is 34.9 Å². The minimum absolute atomic E-state index is 0.228. The van der Waals surface area contributed by atoms with Crippen molar-refractivity contribution in [1.29, 1.82) is 0 Å². The number of nitrogens with zero attached hydrogens (tertiary/aromatic N) is 2. The fourth-order valence-electron chi connectivity index (χ4n) is 2.10. The van der Waals surface area contributed by atoms with Crippen LogP contribution in [0, 0.1) is 0 Å². The molecule has 0 aliphatic carbocycles. The van der Waals surface area contributed by atoms with E-state index < -0.39 is 0 Å². The summed E-state index contributed by atoms with van der Waals surface area (Å²) in [7, 11) is 1.93. The van der Waals surface area contributed by atoms with Gasteiger partial charge in [-0.1, -0.05) is 40.5 Å². The second kappa shape index (κ2) is 6.55. The molecule has 0 saturated carbocycles. The summed E-state index contributed by atoms with van der Waals surface area (Å²) in [6, 6.07) is 8.19. The maximum Gasteiger partial charge on any atom is 0.0643 e. The smallest absolute Gasteiger partial charge is 0.0643 e. The predicted octanol–water partition coefficient (Wildman–Crippen LogP) is 3.73. The lowest BCUT2D eigenvalue weighted by atomic mass is 10.0. The zero-order valence-electron chi connectivity index (χ0n) is 11.0. The normalized spacial score (nSPS) is 12.6. The summed E-state index contributed by atoms with van der Waals surface area (Å²) in [5.74, 6) is 0. The third-order valence-electron chi connectivity index (χ3n) is 2.97. The summed E-state index contributed by atoms with van der Waals surface area (Å²) in [5.41, 5.74) is 2.28. The zero-order chi connectivity index (χ0) is 13.8. The highest BCUT2D eigenvalue weighted by molar-refractivity contribution is 9.10. The average molecular weight is 343 g/mol. The van der Waals surface area contributed by atoms with Gasteiger partial charge >= 0.3 is 0 Å². The van der Waals surface area contributed by atoms with Gasteiger partial charge in [0.1, 0.15) is 0 Å². The second-order valence-corrected chi connectivity index (χ2v) is 5.75. The molecular weight excluding hydrogens is 326 g/mol. The molecule has 3 nitrogen and oxygen atoms in total. The maximum absolute atomic E-state index is 6.00. The monoisotopic (exact) mass is 341 g/mol. The highest BCUT2D eigenvalue weighted by Gasteiger charge is 2.15. The van der Waals surface area contributed by atoms with Crippen molar-refractivity contribution in [3.63, 3.8) is 0 Å². The van der Waals surface area contributed by atoms with Crippen LogP contribution in [-0.4, -0.2) is 16.3 Å². The zero-order valence-corrected chi connectivity index (χ0v) is 13.4. The number of likely N-dealkylation sites (N-methyl/N-ethyl adjacent to an activating group) is 1. The molecule has 0 radical (unpaired) electrons. The van der Waals surface area contributed by atoms with E-state index in [9.17, 15) is 0 Å². The minimum Gasteiger partial charge on any atom is -0.310 e. The fourth-order valence-corrected chi connectivity index (χ4v) is 3.06. The highest BCUT2D eigenvalue weighted by atomic mass is 79.9. The van der Waals surface area contributed by atoms with Crippen LogP contribution in [-0.2, 0) is 13.5 Å². The summed E-state index contributed by atoms with van der Waals surface area (Å²) >= 11 is 9.58. The van der Waals surface area contributed by atoms with E-state index in [-0.39, 0.29) is 6.04 Å². The van der Waals surface area contributed by atoms with Crippen LogP contribution >= 0.6 is 27.5 Å². The van der Waals surface area contributed by atoms with Gasteiger partial charge in [0.2, 0.25) is 0 Å². The SMILES string of the molecule is CCNC(Cc1ccn(C)n1)c1ccc(Cl)cc1Br. The van der Waals surface area contributed by atoms with E-state index in [1.54, 1.807) is 0 Å². The quantitative estimate of drug-likeness (QED) is 0.897. The third-order valence-corrected chi connectivity index (χ3v) is 3.89. The van der Waals surface area contributed by atoms with Crippen molar-refractivity contribution in [3.8, 4) is 0 Å². The van der Waals surface area contributed by atoms with Gasteiger partial charge < -0.3 is 5.32 Å². The van der Waals surface area contributed by atoms with Gasteiger partial charge in [0.25, 0.3) is 0 Å². The molecule has 102 valence electrons. The Balaban J connectivity index is 2.23. The molecule has 1 unspecified atom stereocenters. The van der Waals surface area contributed by atoms with E-state index in [2.05, 4.69) is 39.3 Å². The van der Waals surface area contributed by atoms with E-state index in [0.717, 1.165) is 28.2 Å². The van der Waals surface area contributed by atoms with Gasteiger partial charge in [-0.25, -0.2) is 0 Å². The van der Waals surface area contributed by atoms with Crippen molar-refractivity contribution in [2.45, 2.75) is 19.4 Å². The van der Waals surface area contributed by atoms with Crippen LogP contribution in [0.1, 0.15) is 24.2 Å². The molecule has 0 fully saturated rings. The number of rotatable bonds is 5. The van der Waals surface area contributed by atoms with Crippen molar-refractivity contribution in [2.24, 2.45) is 7.05 Å². The molecule has 0 saturated heterocycles. The molecular formula is C14H17BrClN3. The number of hydrogen-bond acceptors (Lipinski definition) is 2. The van der Waals surface area contributed by atoms with Gasteiger partial charge in [0, 0.05) is 35.2 Å². The van der Waals surface area contributed by atoms with E-state index in [0.29, 0.717) is 0 Å².